The number of carboxylic acid groups (broad SMARTS) is 1. The molecule has 116 valence electrons. The fraction of sp³-hybridized carbons (Fsp3) is 0.833. The number of carbonyl (C=O) groups excluding carboxylic acids is 1. The molecule has 3 amide bonds. The van der Waals surface area contributed by atoms with Crippen molar-refractivity contribution >= 4 is 12.1 Å². The molecule has 2 fully saturated rings. The van der Waals surface area contributed by atoms with E-state index in [0.717, 1.165) is 39.3 Å². The van der Waals surface area contributed by atoms with Crippen LogP contribution in [0.5, 0.6) is 0 Å². The van der Waals surface area contributed by atoms with E-state index in [1.165, 1.54) is 4.90 Å². The van der Waals surface area contributed by atoms with Crippen LogP contribution in [0.4, 0.5) is 9.59 Å². The molecule has 2 heterocycles. The molecule has 0 bridgehead atoms. The summed E-state index contributed by atoms with van der Waals surface area (Å²) in [6.45, 7) is 6.40. The van der Waals surface area contributed by atoms with Gasteiger partial charge in [0.2, 0.25) is 0 Å². The molecule has 0 aromatic rings. The van der Waals surface area contributed by atoms with Crippen LogP contribution in [0.3, 0.4) is 0 Å². The number of rotatable bonds is 0. The summed E-state index contributed by atoms with van der Waals surface area (Å²) in [6.07, 6.45) is -0.798. The van der Waals surface area contributed by atoms with Crippen LogP contribution >= 0.6 is 0 Å². The average molecular weight is 287 g/mol. The van der Waals surface area contributed by atoms with Crippen LogP contribution in [-0.4, -0.2) is 103 Å². The van der Waals surface area contributed by atoms with Gasteiger partial charge in [-0.2, -0.15) is 0 Å². The first-order valence-electron chi connectivity index (χ1n) is 6.79. The Labute approximate surface area is 119 Å². The second-order valence-electron chi connectivity index (χ2n) is 5.20. The van der Waals surface area contributed by atoms with Crippen LogP contribution in [0.25, 0.3) is 0 Å². The zero-order valence-electron chi connectivity index (χ0n) is 12.3. The number of nitrogens with two attached hydrogens (primary N) is 1. The lowest BCUT2D eigenvalue weighted by molar-refractivity contribution is 0.115. The van der Waals surface area contributed by atoms with Crippen molar-refractivity contribution < 1.29 is 14.7 Å². The van der Waals surface area contributed by atoms with Crippen molar-refractivity contribution in [1.29, 1.82) is 0 Å². The molecular weight excluding hydrogens is 262 g/mol. The summed E-state index contributed by atoms with van der Waals surface area (Å²) in [7, 11) is 4.04. The molecule has 2 aliphatic heterocycles. The van der Waals surface area contributed by atoms with E-state index < -0.39 is 6.09 Å². The topological polar surface area (TPSA) is 93.3 Å². The summed E-state index contributed by atoms with van der Waals surface area (Å²) in [5.74, 6) is 0. The summed E-state index contributed by atoms with van der Waals surface area (Å²) in [6, 6.07) is -0.298. The fourth-order valence-electron chi connectivity index (χ4n) is 2.02. The molecule has 0 aromatic carbocycles. The zero-order valence-corrected chi connectivity index (χ0v) is 12.3. The predicted octanol–water partition coefficient (Wildman–Crippen LogP) is -0.776. The van der Waals surface area contributed by atoms with Crippen molar-refractivity contribution in [1.82, 2.24) is 19.6 Å². The number of nitrogens with zero attached hydrogens (tertiary/aromatic N) is 4. The molecule has 2 saturated heterocycles. The third-order valence-electron chi connectivity index (χ3n) is 3.59. The minimum atomic E-state index is -0.798. The van der Waals surface area contributed by atoms with Gasteiger partial charge in [-0.15, -0.1) is 0 Å². The maximum atomic E-state index is 10.6. The third kappa shape index (κ3) is 5.62. The highest BCUT2D eigenvalue weighted by molar-refractivity contribution is 5.72. The highest BCUT2D eigenvalue weighted by Crippen LogP contribution is 1.98. The van der Waals surface area contributed by atoms with Gasteiger partial charge in [0, 0.05) is 52.4 Å². The molecule has 0 atom stereocenters. The molecule has 2 rings (SSSR count). The van der Waals surface area contributed by atoms with Crippen molar-refractivity contribution in [2.24, 2.45) is 5.73 Å². The van der Waals surface area contributed by atoms with Gasteiger partial charge in [-0.25, -0.2) is 9.59 Å². The second kappa shape index (κ2) is 7.91. The molecule has 8 heteroatoms. The van der Waals surface area contributed by atoms with Crippen molar-refractivity contribution in [3.8, 4) is 0 Å². The Morgan fingerprint density at radius 1 is 0.800 bits per heavy atom. The predicted molar refractivity (Wildman–Crippen MR) is 75.7 cm³/mol. The highest BCUT2D eigenvalue weighted by Gasteiger charge is 2.17. The Kier molecular flexibility index (Phi) is 6.53. The number of hydrogen-bond donors (Lipinski definition) is 2. The first kappa shape index (κ1) is 16.5. The number of primary amides is 1. The monoisotopic (exact) mass is 287 g/mol. The molecule has 20 heavy (non-hydrogen) atoms. The lowest BCUT2D eigenvalue weighted by Gasteiger charge is -2.30. The number of urea groups is 1. The molecule has 3 N–H and O–H groups in total. The van der Waals surface area contributed by atoms with E-state index in [2.05, 4.69) is 9.80 Å². The number of hydrogen-bond acceptors (Lipinski definition) is 4. The summed E-state index contributed by atoms with van der Waals surface area (Å²) in [5.41, 5.74) is 5.08. The maximum absolute atomic E-state index is 10.6. The van der Waals surface area contributed by atoms with E-state index in [1.807, 2.05) is 14.1 Å². The van der Waals surface area contributed by atoms with Gasteiger partial charge in [0.1, 0.15) is 0 Å². The van der Waals surface area contributed by atoms with Gasteiger partial charge < -0.3 is 30.4 Å². The van der Waals surface area contributed by atoms with Crippen molar-refractivity contribution in [3.63, 3.8) is 0 Å². The fourth-order valence-corrected chi connectivity index (χ4v) is 2.02. The van der Waals surface area contributed by atoms with Gasteiger partial charge in [-0.3, -0.25) is 0 Å². The van der Waals surface area contributed by atoms with E-state index in [9.17, 15) is 9.59 Å². The normalized spacial score (nSPS) is 21.1. The van der Waals surface area contributed by atoms with Crippen LogP contribution in [0.2, 0.25) is 0 Å². The van der Waals surface area contributed by atoms with Crippen molar-refractivity contribution in [3.05, 3.63) is 0 Å². The molecular formula is C12H25N5O3. The summed E-state index contributed by atoms with van der Waals surface area (Å²) in [5, 5.41) is 8.53. The largest absolute Gasteiger partial charge is 0.465 e. The first-order valence-corrected chi connectivity index (χ1v) is 6.79. The quantitative estimate of drug-likeness (QED) is 0.610. The number of piperazine rings is 2. The zero-order chi connectivity index (χ0) is 15.1. The summed E-state index contributed by atoms with van der Waals surface area (Å²) < 4.78 is 0. The standard InChI is InChI=1S/C6H13N3O.C6H12N2O2/c1-8-2-4-9(5-3-8)6(7)10;1-7-2-4-8(5-3-7)6(9)10/h2-5H2,1H3,(H2,7,10);2-5H2,1H3,(H,9,10). The molecule has 0 unspecified atom stereocenters. The maximum Gasteiger partial charge on any atom is 0.407 e. The minimum Gasteiger partial charge on any atom is -0.465 e. The smallest absolute Gasteiger partial charge is 0.407 e. The molecule has 0 saturated carbocycles. The molecule has 0 radical (unpaired) electrons. The molecule has 8 nitrogen and oxygen atoms in total. The highest BCUT2D eigenvalue weighted by atomic mass is 16.4. The van der Waals surface area contributed by atoms with Crippen LogP contribution in [0.15, 0.2) is 0 Å². The van der Waals surface area contributed by atoms with E-state index in [1.54, 1.807) is 4.90 Å². The Morgan fingerprint density at radius 3 is 1.45 bits per heavy atom. The Balaban J connectivity index is 0.000000200. The molecule has 2 aliphatic rings. The van der Waals surface area contributed by atoms with E-state index in [4.69, 9.17) is 10.8 Å². The SMILES string of the molecule is CN1CCN(C(=O)O)CC1.CN1CCN(C(N)=O)CC1. The van der Waals surface area contributed by atoms with Gasteiger partial charge in [0.05, 0.1) is 0 Å². The number of likely N-dealkylation sites (N-methyl/N-ethyl adjacent to an activating group) is 2. The molecule has 0 aromatic heterocycles. The summed E-state index contributed by atoms with van der Waals surface area (Å²) >= 11 is 0. The number of carbonyl (C=O) groups is 2. The second-order valence-corrected chi connectivity index (χ2v) is 5.20. The third-order valence-corrected chi connectivity index (χ3v) is 3.59. The lowest BCUT2D eigenvalue weighted by atomic mass is 10.3. The molecule has 0 spiro atoms. The van der Waals surface area contributed by atoms with Gasteiger partial charge in [-0.05, 0) is 14.1 Å². The number of amides is 3. The first-order chi connectivity index (χ1) is 9.40. The van der Waals surface area contributed by atoms with Gasteiger partial charge >= 0.3 is 12.1 Å². The van der Waals surface area contributed by atoms with Gasteiger partial charge in [0.15, 0.2) is 0 Å². The van der Waals surface area contributed by atoms with Crippen molar-refractivity contribution in [2.75, 3.05) is 66.5 Å². The summed E-state index contributed by atoms with van der Waals surface area (Å²) in [4.78, 5) is 28.4. The lowest BCUT2D eigenvalue weighted by Crippen LogP contribution is -2.49. The van der Waals surface area contributed by atoms with E-state index in [-0.39, 0.29) is 6.03 Å². The van der Waals surface area contributed by atoms with Gasteiger partial charge in [0.25, 0.3) is 0 Å². The van der Waals surface area contributed by atoms with Crippen LogP contribution in [-0.2, 0) is 0 Å². The Morgan fingerprint density at radius 2 is 1.15 bits per heavy atom. The Bertz CT molecular complexity index is 291. The van der Waals surface area contributed by atoms with Crippen LogP contribution in [0, 0.1) is 0 Å². The van der Waals surface area contributed by atoms with Crippen LogP contribution < -0.4 is 5.73 Å². The van der Waals surface area contributed by atoms with Crippen LogP contribution in [0.1, 0.15) is 0 Å². The Hall–Kier alpha value is -1.54. The van der Waals surface area contributed by atoms with E-state index in [0.29, 0.717) is 13.1 Å². The van der Waals surface area contributed by atoms with E-state index >= 15 is 0 Å². The van der Waals surface area contributed by atoms with Crippen molar-refractivity contribution in [2.45, 2.75) is 0 Å². The van der Waals surface area contributed by atoms with Gasteiger partial charge in [-0.1, -0.05) is 0 Å². The molecule has 0 aliphatic carbocycles. The minimum absolute atomic E-state index is 0.298. The average Bonchev–Trinajstić information content (AvgIpc) is 2.40.